The Hall–Kier alpha value is -1.62. The average molecular weight is 284 g/mol. The maximum atomic E-state index is 12.8. The van der Waals surface area contributed by atoms with Crippen LogP contribution in [0.3, 0.4) is 0 Å². The van der Waals surface area contributed by atoms with Gasteiger partial charge in [0, 0.05) is 12.5 Å². The van der Waals surface area contributed by atoms with E-state index < -0.39 is 11.7 Å². The van der Waals surface area contributed by atoms with Gasteiger partial charge in [-0.05, 0) is 30.5 Å². The smallest absolute Gasteiger partial charge is 0.381 e. The first kappa shape index (κ1) is 14.8. The van der Waals surface area contributed by atoms with Gasteiger partial charge in [0.2, 0.25) is 0 Å². The van der Waals surface area contributed by atoms with Gasteiger partial charge in [-0.2, -0.15) is 13.2 Å². The monoisotopic (exact) mass is 284 g/mol. The minimum absolute atomic E-state index is 0.00470. The summed E-state index contributed by atoms with van der Waals surface area (Å²) in [5.74, 6) is -0.417. The summed E-state index contributed by atoms with van der Waals surface area (Å²) in [5.41, 5.74) is -0.728. The van der Waals surface area contributed by atoms with Crippen LogP contribution in [0.5, 0.6) is 0 Å². The van der Waals surface area contributed by atoms with Gasteiger partial charge in [-0.1, -0.05) is 24.3 Å². The Morgan fingerprint density at radius 3 is 2.70 bits per heavy atom. The average Bonchev–Trinajstić information content (AvgIpc) is 2.45. The molecule has 0 aliphatic carbocycles. The Morgan fingerprint density at radius 1 is 1.30 bits per heavy atom. The third kappa shape index (κ3) is 3.70. The molecule has 0 saturated carbocycles. The Kier molecular flexibility index (Phi) is 4.60. The van der Waals surface area contributed by atoms with Crippen LogP contribution >= 0.6 is 0 Å². The molecule has 1 unspecified atom stereocenters. The van der Waals surface area contributed by atoms with E-state index in [1.807, 2.05) is 0 Å². The van der Waals surface area contributed by atoms with E-state index >= 15 is 0 Å². The molecule has 2 nitrogen and oxygen atoms in total. The molecular weight excluding hydrogens is 269 g/mol. The van der Waals surface area contributed by atoms with E-state index in [1.165, 1.54) is 30.4 Å². The lowest BCUT2D eigenvalue weighted by Gasteiger charge is -2.19. The topological polar surface area (TPSA) is 26.3 Å². The predicted octanol–water partition coefficient (Wildman–Crippen LogP) is 3.71. The minimum Gasteiger partial charge on any atom is -0.381 e. The van der Waals surface area contributed by atoms with Crippen LogP contribution in [-0.4, -0.2) is 19.0 Å². The lowest BCUT2D eigenvalue weighted by atomic mass is 9.96. The number of hydrogen-bond acceptors (Lipinski definition) is 2. The zero-order valence-corrected chi connectivity index (χ0v) is 10.8. The lowest BCUT2D eigenvalue weighted by Crippen LogP contribution is -2.23. The normalized spacial score (nSPS) is 20.2. The van der Waals surface area contributed by atoms with Crippen LogP contribution in [0.15, 0.2) is 30.3 Å². The van der Waals surface area contributed by atoms with Gasteiger partial charge in [-0.3, -0.25) is 4.79 Å². The number of rotatable bonds is 3. The number of hydrogen-bond donors (Lipinski definition) is 0. The Labute approximate surface area is 115 Å². The largest absolute Gasteiger partial charge is 0.416 e. The number of alkyl halides is 3. The third-order valence-corrected chi connectivity index (χ3v) is 3.26. The van der Waals surface area contributed by atoms with Crippen molar-refractivity contribution in [2.45, 2.75) is 19.0 Å². The SMILES string of the molecule is O=C(/C=C/c1ccccc1C(F)(F)F)C1CCCOC1. The van der Waals surface area contributed by atoms with Gasteiger partial charge in [0.1, 0.15) is 0 Å². The molecule has 0 aromatic heterocycles. The van der Waals surface area contributed by atoms with Gasteiger partial charge in [0.15, 0.2) is 5.78 Å². The van der Waals surface area contributed by atoms with Crippen molar-refractivity contribution >= 4 is 11.9 Å². The summed E-state index contributed by atoms with van der Waals surface area (Å²) in [5, 5.41) is 0. The zero-order chi connectivity index (χ0) is 14.6. The number of carbonyl (C=O) groups excluding carboxylic acids is 1. The van der Waals surface area contributed by atoms with Gasteiger partial charge in [-0.25, -0.2) is 0 Å². The highest BCUT2D eigenvalue weighted by molar-refractivity contribution is 5.95. The van der Waals surface area contributed by atoms with Gasteiger partial charge >= 0.3 is 6.18 Å². The molecule has 1 aliphatic heterocycles. The molecular formula is C15H15F3O2. The van der Waals surface area contributed by atoms with E-state index in [0.717, 1.165) is 18.9 Å². The number of carbonyl (C=O) groups is 1. The summed E-state index contributed by atoms with van der Waals surface area (Å²) in [6.45, 7) is 0.995. The van der Waals surface area contributed by atoms with E-state index in [0.29, 0.717) is 13.2 Å². The predicted molar refractivity (Wildman–Crippen MR) is 69.0 cm³/mol. The molecule has 1 aromatic carbocycles. The highest BCUT2D eigenvalue weighted by Gasteiger charge is 2.32. The van der Waals surface area contributed by atoms with E-state index in [4.69, 9.17) is 4.74 Å². The van der Waals surface area contributed by atoms with E-state index in [1.54, 1.807) is 0 Å². The number of halogens is 3. The molecule has 20 heavy (non-hydrogen) atoms. The van der Waals surface area contributed by atoms with Crippen LogP contribution in [-0.2, 0) is 15.7 Å². The number of benzene rings is 1. The maximum absolute atomic E-state index is 12.8. The van der Waals surface area contributed by atoms with Crippen LogP contribution in [0.2, 0.25) is 0 Å². The van der Waals surface area contributed by atoms with Crippen molar-refractivity contribution in [2.75, 3.05) is 13.2 Å². The summed E-state index contributed by atoms with van der Waals surface area (Å²) < 4.78 is 43.6. The molecule has 0 bridgehead atoms. The van der Waals surface area contributed by atoms with Crippen LogP contribution < -0.4 is 0 Å². The fourth-order valence-electron chi connectivity index (χ4n) is 2.17. The highest BCUT2D eigenvalue weighted by atomic mass is 19.4. The standard InChI is InChI=1S/C15H15F3O2/c16-15(17,18)13-6-2-1-4-11(13)7-8-14(19)12-5-3-9-20-10-12/h1-2,4,6-8,12H,3,5,9-10H2/b8-7+. The summed E-state index contributed by atoms with van der Waals surface area (Å²) in [6, 6.07) is 5.21. The molecule has 1 heterocycles. The third-order valence-electron chi connectivity index (χ3n) is 3.26. The maximum Gasteiger partial charge on any atom is 0.416 e. The first-order valence-corrected chi connectivity index (χ1v) is 6.44. The van der Waals surface area contributed by atoms with Gasteiger partial charge in [0.05, 0.1) is 12.2 Å². The second-order valence-electron chi connectivity index (χ2n) is 4.73. The summed E-state index contributed by atoms with van der Waals surface area (Å²) in [6.07, 6.45) is -0.422. The first-order chi connectivity index (χ1) is 9.48. The fourth-order valence-corrected chi connectivity index (χ4v) is 2.17. The minimum atomic E-state index is -4.42. The van der Waals surface area contributed by atoms with Gasteiger partial charge < -0.3 is 4.74 Å². The van der Waals surface area contributed by atoms with Crippen LogP contribution in [0.1, 0.15) is 24.0 Å². The van der Waals surface area contributed by atoms with Crippen LogP contribution in [0, 0.1) is 5.92 Å². The van der Waals surface area contributed by atoms with Crippen LogP contribution in [0.4, 0.5) is 13.2 Å². The fraction of sp³-hybridized carbons (Fsp3) is 0.400. The lowest BCUT2D eigenvalue weighted by molar-refractivity contribution is -0.137. The van der Waals surface area contributed by atoms with E-state index in [-0.39, 0.29) is 17.3 Å². The van der Waals surface area contributed by atoms with Crippen LogP contribution in [0.25, 0.3) is 6.08 Å². The molecule has 108 valence electrons. The molecule has 1 saturated heterocycles. The van der Waals surface area contributed by atoms with Crippen molar-refractivity contribution in [3.63, 3.8) is 0 Å². The molecule has 0 spiro atoms. The molecule has 1 aliphatic rings. The van der Waals surface area contributed by atoms with Crippen molar-refractivity contribution in [1.82, 2.24) is 0 Å². The second-order valence-corrected chi connectivity index (χ2v) is 4.73. The number of ketones is 1. The Bertz CT molecular complexity index is 500. The quantitative estimate of drug-likeness (QED) is 0.791. The molecule has 5 heteroatoms. The summed E-state index contributed by atoms with van der Waals surface area (Å²) in [4.78, 5) is 11.9. The van der Waals surface area contributed by atoms with Gasteiger partial charge in [-0.15, -0.1) is 0 Å². The van der Waals surface area contributed by atoms with Gasteiger partial charge in [0.25, 0.3) is 0 Å². The second kappa shape index (κ2) is 6.22. The Morgan fingerprint density at radius 2 is 2.05 bits per heavy atom. The van der Waals surface area contributed by atoms with Crippen molar-refractivity contribution in [3.05, 3.63) is 41.5 Å². The van der Waals surface area contributed by atoms with E-state index in [2.05, 4.69) is 0 Å². The summed E-state index contributed by atoms with van der Waals surface area (Å²) in [7, 11) is 0. The molecule has 1 atom stereocenters. The number of ether oxygens (including phenoxy) is 1. The van der Waals surface area contributed by atoms with E-state index in [9.17, 15) is 18.0 Å². The molecule has 1 fully saturated rings. The molecule has 0 amide bonds. The molecule has 0 radical (unpaired) electrons. The van der Waals surface area contributed by atoms with Crippen molar-refractivity contribution in [3.8, 4) is 0 Å². The van der Waals surface area contributed by atoms with Crippen molar-refractivity contribution < 1.29 is 22.7 Å². The highest BCUT2D eigenvalue weighted by Crippen LogP contribution is 2.32. The molecule has 0 N–H and O–H groups in total. The molecule has 2 rings (SSSR count). The Balaban J connectivity index is 2.13. The zero-order valence-electron chi connectivity index (χ0n) is 10.8. The summed E-state index contributed by atoms with van der Waals surface area (Å²) >= 11 is 0. The molecule has 1 aromatic rings. The number of allylic oxidation sites excluding steroid dienone is 1. The van der Waals surface area contributed by atoms with Crippen molar-refractivity contribution in [2.24, 2.45) is 5.92 Å². The first-order valence-electron chi connectivity index (χ1n) is 6.44. The van der Waals surface area contributed by atoms with Crippen molar-refractivity contribution in [1.29, 1.82) is 0 Å².